The van der Waals surface area contributed by atoms with E-state index in [1.54, 1.807) is 12.4 Å². The topological polar surface area (TPSA) is 72.9 Å². The zero-order chi connectivity index (χ0) is 16.7. The minimum absolute atomic E-state index is 0.346. The van der Waals surface area contributed by atoms with E-state index in [0.717, 1.165) is 23.1 Å². The second kappa shape index (κ2) is 5.55. The summed E-state index contributed by atoms with van der Waals surface area (Å²) in [6.07, 6.45) is 3.28. The number of halogens is 1. The van der Waals surface area contributed by atoms with Crippen molar-refractivity contribution in [2.24, 2.45) is 0 Å². The number of hydrogen-bond donors (Lipinski definition) is 0. The minimum atomic E-state index is -0.346. The van der Waals surface area contributed by atoms with Crippen molar-refractivity contribution in [3.63, 3.8) is 0 Å². The summed E-state index contributed by atoms with van der Waals surface area (Å²) >= 11 is 0. The molecular formula is C16H15FN6O. The summed E-state index contributed by atoms with van der Waals surface area (Å²) in [5.74, 6) is 0.367. The Hall–Kier alpha value is -3.03. The molecule has 0 atom stereocenters. The average Bonchev–Trinajstić information content (AvgIpc) is 3.18. The van der Waals surface area contributed by atoms with E-state index in [4.69, 9.17) is 4.52 Å². The van der Waals surface area contributed by atoms with Gasteiger partial charge >= 0.3 is 0 Å². The number of imidazole rings is 1. The fourth-order valence-corrected chi connectivity index (χ4v) is 2.76. The molecule has 0 saturated carbocycles. The van der Waals surface area contributed by atoms with E-state index < -0.39 is 0 Å². The molecule has 4 aromatic rings. The average molecular weight is 326 g/mol. The van der Waals surface area contributed by atoms with E-state index >= 15 is 0 Å². The van der Waals surface area contributed by atoms with Crippen LogP contribution in [0, 0.1) is 5.82 Å². The number of nitrogens with zero attached hydrogens (tertiary/aromatic N) is 6. The third kappa shape index (κ3) is 2.27. The molecule has 0 bridgehead atoms. The van der Waals surface area contributed by atoms with Crippen molar-refractivity contribution >= 4 is 28.0 Å². The Bertz CT molecular complexity index is 1020. The minimum Gasteiger partial charge on any atom is -0.356 e. The van der Waals surface area contributed by atoms with Gasteiger partial charge in [0.2, 0.25) is 0 Å². The van der Waals surface area contributed by atoms with Crippen LogP contribution in [-0.2, 0) is 13.1 Å². The summed E-state index contributed by atoms with van der Waals surface area (Å²) < 4.78 is 20.4. The molecule has 3 heterocycles. The van der Waals surface area contributed by atoms with E-state index in [-0.39, 0.29) is 5.82 Å². The van der Waals surface area contributed by atoms with Crippen molar-refractivity contribution in [1.29, 1.82) is 0 Å². The lowest BCUT2D eigenvalue weighted by Gasteiger charge is -2.16. The number of fused-ring (bicyclic) bond motifs is 2. The van der Waals surface area contributed by atoms with Crippen molar-refractivity contribution in [3.05, 3.63) is 42.4 Å². The van der Waals surface area contributed by atoms with Gasteiger partial charge in [-0.15, -0.1) is 0 Å². The second-order valence-corrected chi connectivity index (χ2v) is 5.53. The van der Waals surface area contributed by atoms with Crippen molar-refractivity contribution in [2.45, 2.75) is 20.0 Å². The first-order chi connectivity index (χ1) is 11.7. The molecule has 0 radical (unpaired) electrons. The lowest BCUT2D eigenvalue weighted by molar-refractivity contribution is 0.444. The third-order valence-corrected chi connectivity index (χ3v) is 3.98. The van der Waals surface area contributed by atoms with Crippen LogP contribution >= 0.6 is 0 Å². The van der Waals surface area contributed by atoms with Gasteiger partial charge < -0.3 is 14.0 Å². The zero-order valence-corrected chi connectivity index (χ0v) is 13.3. The van der Waals surface area contributed by atoms with E-state index in [0.29, 0.717) is 23.6 Å². The van der Waals surface area contributed by atoms with Gasteiger partial charge in [0.05, 0.1) is 12.9 Å². The molecule has 7 nitrogen and oxygen atoms in total. The number of anilines is 1. The van der Waals surface area contributed by atoms with E-state index in [1.807, 2.05) is 23.4 Å². The van der Waals surface area contributed by atoms with Crippen LogP contribution in [-0.4, -0.2) is 31.7 Å². The second-order valence-electron chi connectivity index (χ2n) is 5.53. The molecule has 0 unspecified atom stereocenters. The quantitative estimate of drug-likeness (QED) is 0.574. The fraction of sp³-hybridized carbons (Fsp3) is 0.250. The SMILES string of the molecule is CCn1cnc2c(N(C)Cc3noc4cc(F)ccc34)ncnc21. The first-order valence-corrected chi connectivity index (χ1v) is 7.58. The number of rotatable bonds is 4. The Morgan fingerprint density at radius 3 is 2.96 bits per heavy atom. The Labute approximate surface area is 136 Å². The Balaban J connectivity index is 1.71. The summed E-state index contributed by atoms with van der Waals surface area (Å²) in [6, 6.07) is 4.40. The first kappa shape index (κ1) is 14.6. The molecule has 0 amide bonds. The van der Waals surface area contributed by atoms with Crippen LogP contribution in [0.3, 0.4) is 0 Å². The molecule has 0 aliphatic rings. The van der Waals surface area contributed by atoms with Gasteiger partial charge in [0.1, 0.15) is 17.8 Å². The van der Waals surface area contributed by atoms with Gasteiger partial charge in [-0.25, -0.2) is 19.3 Å². The molecule has 0 spiro atoms. The van der Waals surface area contributed by atoms with Crippen LogP contribution in [0.1, 0.15) is 12.6 Å². The largest absolute Gasteiger partial charge is 0.356 e. The maximum Gasteiger partial charge on any atom is 0.170 e. The predicted molar refractivity (Wildman–Crippen MR) is 87.1 cm³/mol. The normalized spacial score (nSPS) is 11.5. The summed E-state index contributed by atoms with van der Waals surface area (Å²) in [4.78, 5) is 15.0. The molecule has 8 heteroatoms. The third-order valence-electron chi connectivity index (χ3n) is 3.98. The maximum absolute atomic E-state index is 13.3. The van der Waals surface area contributed by atoms with Crippen LogP contribution in [0.25, 0.3) is 22.1 Å². The number of hydrogen-bond acceptors (Lipinski definition) is 6. The smallest absolute Gasteiger partial charge is 0.170 e. The standard InChI is InChI=1S/C16H15FN6O/c1-3-23-9-20-14-15(18-8-19-16(14)23)22(2)7-12-11-5-4-10(17)6-13(11)24-21-12/h4-6,8-9H,3,7H2,1-2H3. The molecule has 122 valence electrons. The van der Waals surface area contributed by atoms with Gasteiger partial charge in [0, 0.05) is 25.0 Å². The molecule has 0 aliphatic carbocycles. The first-order valence-electron chi connectivity index (χ1n) is 7.58. The highest BCUT2D eigenvalue weighted by Gasteiger charge is 2.16. The molecular weight excluding hydrogens is 311 g/mol. The van der Waals surface area contributed by atoms with Gasteiger partial charge in [-0.1, -0.05) is 5.16 Å². The van der Waals surface area contributed by atoms with Gasteiger partial charge in [-0.2, -0.15) is 0 Å². The highest BCUT2D eigenvalue weighted by Crippen LogP contribution is 2.25. The Kier molecular flexibility index (Phi) is 3.37. The van der Waals surface area contributed by atoms with Crippen LogP contribution in [0.5, 0.6) is 0 Å². The van der Waals surface area contributed by atoms with Crippen molar-refractivity contribution in [2.75, 3.05) is 11.9 Å². The van der Waals surface area contributed by atoms with Gasteiger partial charge in [-0.3, -0.25) is 0 Å². The van der Waals surface area contributed by atoms with E-state index in [9.17, 15) is 4.39 Å². The van der Waals surface area contributed by atoms with Crippen molar-refractivity contribution in [1.82, 2.24) is 24.7 Å². The molecule has 4 rings (SSSR count). The molecule has 0 fully saturated rings. The number of aromatic nitrogens is 5. The summed E-state index contributed by atoms with van der Waals surface area (Å²) in [6.45, 7) is 3.28. The fourth-order valence-electron chi connectivity index (χ4n) is 2.76. The maximum atomic E-state index is 13.3. The predicted octanol–water partition coefficient (Wildman–Crippen LogP) is 2.76. The lowest BCUT2D eigenvalue weighted by atomic mass is 10.2. The highest BCUT2D eigenvalue weighted by atomic mass is 19.1. The van der Waals surface area contributed by atoms with Crippen LogP contribution in [0.15, 0.2) is 35.4 Å². The van der Waals surface area contributed by atoms with Crippen LogP contribution in [0.2, 0.25) is 0 Å². The number of benzene rings is 1. The summed E-state index contributed by atoms with van der Waals surface area (Å²) in [5, 5.41) is 4.84. The zero-order valence-electron chi connectivity index (χ0n) is 13.3. The van der Waals surface area contributed by atoms with E-state index in [1.165, 1.54) is 18.5 Å². The van der Waals surface area contributed by atoms with Crippen LogP contribution in [0.4, 0.5) is 10.2 Å². The molecule has 24 heavy (non-hydrogen) atoms. The Morgan fingerprint density at radius 1 is 1.25 bits per heavy atom. The summed E-state index contributed by atoms with van der Waals surface area (Å²) in [5.41, 5.74) is 2.68. The molecule has 0 aliphatic heterocycles. The number of aryl methyl sites for hydroxylation is 1. The van der Waals surface area contributed by atoms with Gasteiger partial charge in [0.25, 0.3) is 0 Å². The summed E-state index contributed by atoms with van der Waals surface area (Å²) in [7, 11) is 1.90. The van der Waals surface area contributed by atoms with Crippen LogP contribution < -0.4 is 4.90 Å². The monoisotopic (exact) mass is 326 g/mol. The van der Waals surface area contributed by atoms with Crippen molar-refractivity contribution < 1.29 is 8.91 Å². The van der Waals surface area contributed by atoms with Crippen molar-refractivity contribution in [3.8, 4) is 0 Å². The highest BCUT2D eigenvalue weighted by molar-refractivity contribution is 5.84. The van der Waals surface area contributed by atoms with Gasteiger partial charge in [-0.05, 0) is 19.1 Å². The van der Waals surface area contributed by atoms with Gasteiger partial charge in [0.15, 0.2) is 22.6 Å². The van der Waals surface area contributed by atoms with E-state index in [2.05, 4.69) is 20.1 Å². The molecule has 0 saturated heterocycles. The Morgan fingerprint density at radius 2 is 2.12 bits per heavy atom. The molecule has 3 aromatic heterocycles. The lowest BCUT2D eigenvalue weighted by Crippen LogP contribution is -2.18. The molecule has 1 aromatic carbocycles. The molecule has 0 N–H and O–H groups in total.